The Morgan fingerprint density at radius 3 is 2.42 bits per heavy atom. The second kappa shape index (κ2) is 10.9. The molecule has 184 valence electrons. The van der Waals surface area contributed by atoms with Crippen LogP contribution in [0.3, 0.4) is 0 Å². The fourth-order valence-electron chi connectivity index (χ4n) is 4.36. The van der Waals surface area contributed by atoms with Crippen molar-refractivity contribution in [2.24, 2.45) is 0 Å². The van der Waals surface area contributed by atoms with Gasteiger partial charge in [-0.25, -0.2) is 9.78 Å². The summed E-state index contributed by atoms with van der Waals surface area (Å²) in [5.74, 6) is -0.0357. The highest BCUT2D eigenvalue weighted by molar-refractivity contribution is 7.21. The lowest BCUT2D eigenvalue weighted by Crippen LogP contribution is -2.47. The Kier molecular flexibility index (Phi) is 7.25. The van der Waals surface area contributed by atoms with Gasteiger partial charge in [-0.3, -0.25) is 9.69 Å². The van der Waals surface area contributed by atoms with Crippen LogP contribution in [0.5, 0.6) is 0 Å². The lowest BCUT2D eigenvalue weighted by Gasteiger charge is -2.31. The first-order valence-electron chi connectivity index (χ1n) is 12.1. The molecule has 0 aliphatic carbocycles. The van der Waals surface area contributed by atoms with Crippen molar-refractivity contribution in [3.63, 3.8) is 0 Å². The summed E-state index contributed by atoms with van der Waals surface area (Å²) in [6.45, 7) is 3.95. The Labute approximate surface area is 214 Å². The lowest BCUT2D eigenvalue weighted by atomic mass is 10.1. The van der Waals surface area contributed by atoms with Crippen LogP contribution in [0.15, 0.2) is 72.8 Å². The van der Waals surface area contributed by atoms with E-state index in [0.29, 0.717) is 6.54 Å². The van der Waals surface area contributed by atoms with E-state index in [1.165, 1.54) is 10.3 Å². The summed E-state index contributed by atoms with van der Waals surface area (Å²) in [7, 11) is 0. The van der Waals surface area contributed by atoms with Crippen LogP contribution < -0.4 is 16.0 Å². The highest BCUT2D eigenvalue weighted by Gasteiger charge is 2.22. The van der Waals surface area contributed by atoms with Crippen molar-refractivity contribution in [2.75, 3.05) is 30.3 Å². The van der Waals surface area contributed by atoms with E-state index in [0.717, 1.165) is 53.4 Å². The Hall–Kier alpha value is -3.75. The molecular formula is C28H29N5O2S. The van der Waals surface area contributed by atoms with E-state index in [2.05, 4.69) is 46.0 Å². The van der Waals surface area contributed by atoms with Crippen LogP contribution in [0.4, 0.5) is 16.2 Å². The molecule has 1 saturated heterocycles. The lowest BCUT2D eigenvalue weighted by molar-refractivity contribution is -0.117. The summed E-state index contributed by atoms with van der Waals surface area (Å²) < 4.78 is 1.18. The number of anilines is 2. The van der Waals surface area contributed by atoms with Gasteiger partial charge in [0.1, 0.15) is 5.01 Å². The van der Waals surface area contributed by atoms with Gasteiger partial charge in [0, 0.05) is 36.1 Å². The van der Waals surface area contributed by atoms with Crippen molar-refractivity contribution in [1.82, 2.24) is 15.2 Å². The topological polar surface area (TPSA) is 86.4 Å². The number of carbonyl (C=O) groups excluding carboxylic acids is 2. The average molecular weight is 500 g/mol. The molecule has 3 aromatic carbocycles. The summed E-state index contributed by atoms with van der Waals surface area (Å²) >= 11 is 1.68. The molecule has 3 amide bonds. The van der Waals surface area contributed by atoms with Crippen LogP contribution >= 0.6 is 11.3 Å². The van der Waals surface area contributed by atoms with Gasteiger partial charge < -0.3 is 16.0 Å². The summed E-state index contributed by atoms with van der Waals surface area (Å²) in [6, 6.07) is 23.4. The SMILES string of the molecule is Cc1ccc2nc(-c3ccc(NC(=O)CN4CCC(NC(=O)Nc5ccccc5)CC4)cc3)sc2c1. The molecule has 3 N–H and O–H groups in total. The molecule has 0 radical (unpaired) electrons. The van der Waals surface area contributed by atoms with Gasteiger partial charge in [0.2, 0.25) is 5.91 Å². The summed E-state index contributed by atoms with van der Waals surface area (Å²) in [5, 5.41) is 9.85. The number of amides is 3. The molecule has 1 aliphatic heterocycles. The minimum atomic E-state index is -0.193. The maximum absolute atomic E-state index is 12.6. The van der Waals surface area contributed by atoms with Crippen LogP contribution in [0.2, 0.25) is 0 Å². The van der Waals surface area contributed by atoms with Gasteiger partial charge in [0.05, 0.1) is 16.8 Å². The van der Waals surface area contributed by atoms with E-state index in [-0.39, 0.29) is 18.0 Å². The second-order valence-electron chi connectivity index (χ2n) is 9.13. The molecule has 0 bridgehead atoms. The predicted molar refractivity (Wildman–Crippen MR) is 146 cm³/mol. The third kappa shape index (κ3) is 6.08. The van der Waals surface area contributed by atoms with Gasteiger partial charge in [-0.05, 0) is 73.9 Å². The normalized spacial score (nSPS) is 14.5. The van der Waals surface area contributed by atoms with Crippen LogP contribution in [0.1, 0.15) is 18.4 Å². The van der Waals surface area contributed by atoms with E-state index in [9.17, 15) is 9.59 Å². The number of urea groups is 1. The second-order valence-corrected chi connectivity index (χ2v) is 10.2. The number of likely N-dealkylation sites (tertiary alicyclic amines) is 1. The van der Waals surface area contributed by atoms with Crippen LogP contribution in [-0.4, -0.2) is 47.5 Å². The molecule has 1 fully saturated rings. The number of benzene rings is 3. The number of hydrogen-bond donors (Lipinski definition) is 3. The molecule has 7 nitrogen and oxygen atoms in total. The first-order chi connectivity index (χ1) is 17.5. The average Bonchev–Trinajstić information content (AvgIpc) is 3.29. The standard InChI is InChI=1S/C28H29N5O2S/c1-19-7-12-24-25(17-19)36-27(32-24)20-8-10-22(11-9-20)29-26(34)18-33-15-13-23(14-16-33)31-28(35)30-21-5-3-2-4-6-21/h2-12,17,23H,13-16,18H2,1H3,(H,29,34)(H2,30,31,35). The number of fused-ring (bicyclic) bond motifs is 1. The third-order valence-electron chi connectivity index (χ3n) is 6.28. The van der Waals surface area contributed by atoms with Gasteiger partial charge in [-0.2, -0.15) is 0 Å². The smallest absolute Gasteiger partial charge is 0.319 e. The Bertz CT molecular complexity index is 1350. The van der Waals surface area contributed by atoms with E-state index >= 15 is 0 Å². The fourth-order valence-corrected chi connectivity index (χ4v) is 5.43. The predicted octanol–water partition coefficient (Wildman–Crippen LogP) is 5.50. The first kappa shape index (κ1) is 24.0. The van der Waals surface area contributed by atoms with Crippen LogP contribution in [-0.2, 0) is 4.79 Å². The largest absolute Gasteiger partial charge is 0.335 e. The highest BCUT2D eigenvalue weighted by Crippen LogP contribution is 2.31. The molecule has 8 heteroatoms. The first-order valence-corrected chi connectivity index (χ1v) is 13.0. The van der Waals surface area contributed by atoms with E-state index in [1.54, 1.807) is 11.3 Å². The minimum Gasteiger partial charge on any atom is -0.335 e. The molecular weight excluding hydrogens is 470 g/mol. The number of aromatic nitrogens is 1. The Balaban J connectivity index is 1.07. The third-order valence-corrected chi connectivity index (χ3v) is 7.35. The minimum absolute atomic E-state index is 0.0357. The zero-order valence-electron chi connectivity index (χ0n) is 20.2. The Morgan fingerprint density at radius 1 is 0.944 bits per heavy atom. The van der Waals surface area contributed by atoms with Gasteiger partial charge in [-0.1, -0.05) is 24.3 Å². The zero-order valence-corrected chi connectivity index (χ0v) is 21.0. The summed E-state index contributed by atoms with van der Waals surface area (Å²) in [5.41, 5.74) is 4.82. The van der Waals surface area contributed by atoms with Crippen molar-refractivity contribution < 1.29 is 9.59 Å². The number of nitrogens with zero attached hydrogens (tertiary/aromatic N) is 2. The number of piperidine rings is 1. The number of hydrogen-bond acceptors (Lipinski definition) is 5. The fraction of sp³-hybridized carbons (Fsp3) is 0.250. The van der Waals surface area contributed by atoms with Gasteiger partial charge >= 0.3 is 6.03 Å². The van der Waals surface area contributed by atoms with Gasteiger partial charge in [0.25, 0.3) is 0 Å². The summed E-state index contributed by atoms with van der Waals surface area (Å²) in [6.07, 6.45) is 1.62. The van der Waals surface area contributed by atoms with Crippen molar-refractivity contribution in [3.8, 4) is 10.6 Å². The van der Waals surface area contributed by atoms with Crippen molar-refractivity contribution in [3.05, 3.63) is 78.4 Å². The maximum Gasteiger partial charge on any atom is 0.319 e. The molecule has 0 atom stereocenters. The molecule has 1 aromatic heterocycles. The molecule has 1 aliphatic rings. The van der Waals surface area contributed by atoms with Gasteiger partial charge in [-0.15, -0.1) is 11.3 Å². The molecule has 0 saturated carbocycles. The molecule has 2 heterocycles. The van der Waals surface area contributed by atoms with E-state index < -0.39 is 0 Å². The van der Waals surface area contributed by atoms with Gasteiger partial charge in [0.15, 0.2) is 0 Å². The van der Waals surface area contributed by atoms with Crippen molar-refractivity contribution in [2.45, 2.75) is 25.8 Å². The van der Waals surface area contributed by atoms with Crippen molar-refractivity contribution >= 4 is 44.9 Å². The number of thiazole rings is 1. The number of para-hydroxylation sites is 1. The quantitative estimate of drug-likeness (QED) is 0.327. The number of carbonyl (C=O) groups is 2. The number of aryl methyl sites for hydroxylation is 1. The van der Waals surface area contributed by atoms with Crippen LogP contribution in [0.25, 0.3) is 20.8 Å². The monoisotopic (exact) mass is 499 g/mol. The van der Waals surface area contributed by atoms with Crippen LogP contribution in [0, 0.1) is 6.92 Å². The van der Waals surface area contributed by atoms with E-state index in [4.69, 9.17) is 4.98 Å². The van der Waals surface area contributed by atoms with Crippen molar-refractivity contribution in [1.29, 1.82) is 0 Å². The maximum atomic E-state index is 12.6. The molecule has 36 heavy (non-hydrogen) atoms. The van der Waals surface area contributed by atoms with E-state index in [1.807, 2.05) is 54.6 Å². The summed E-state index contributed by atoms with van der Waals surface area (Å²) in [4.78, 5) is 31.7. The molecule has 4 aromatic rings. The molecule has 0 unspecified atom stereocenters. The molecule has 0 spiro atoms. The molecule has 5 rings (SSSR count). The number of nitrogens with one attached hydrogen (secondary N) is 3. The highest BCUT2D eigenvalue weighted by atomic mass is 32.1. The zero-order chi connectivity index (χ0) is 24.9. The Morgan fingerprint density at radius 2 is 1.67 bits per heavy atom. The number of rotatable bonds is 6.